The lowest BCUT2D eigenvalue weighted by Crippen LogP contribution is -2.32. The predicted molar refractivity (Wildman–Crippen MR) is 97.2 cm³/mol. The number of hydrogen-bond donors (Lipinski definition) is 1. The Labute approximate surface area is 150 Å². The highest BCUT2D eigenvalue weighted by Crippen LogP contribution is 2.33. The van der Waals surface area contributed by atoms with Gasteiger partial charge in [-0.25, -0.2) is 4.68 Å². The van der Waals surface area contributed by atoms with E-state index in [1.807, 2.05) is 42.6 Å². The molecule has 0 saturated heterocycles. The first-order valence-corrected chi connectivity index (χ1v) is 8.48. The Kier molecular flexibility index (Phi) is 4.29. The molecule has 0 bridgehead atoms. The zero-order valence-corrected chi connectivity index (χ0v) is 14.4. The number of nitrogens with zero attached hydrogens (tertiary/aromatic N) is 4. The van der Waals surface area contributed by atoms with Crippen LogP contribution in [0.25, 0.3) is 5.69 Å². The summed E-state index contributed by atoms with van der Waals surface area (Å²) in [6.07, 6.45) is 1.94. The summed E-state index contributed by atoms with van der Waals surface area (Å²) in [5.41, 5.74) is 9.66. The highest BCUT2D eigenvalue weighted by Gasteiger charge is 2.19. The van der Waals surface area contributed by atoms with Crippen LogP contribution >= 0.6 is 11.6 Å². The van der Waals surface area contributed by atoms with Crippen LogP contribution in [-0.2, 0) is 13.1 Å². The van der Waals surface area contributed by atoms with Gasteiger partial charge in [-0.3, -0.25) is 0 Å². The van der Waals surface area contributed by atoms with Crippen LogP contribution in [-0.4, -0.2) is 28.1 Å². The van der Waals surface area contributed by atoms with Crippen LogP contribution in [0.2, 0.25) is 5.02 Å². The van der Waals surface area contributed by atoms with E-state index in [4.69, 9.17) is 22.1 Å². The van der Waals surface area contributed by atoms with E-state index in [2.05, 4.69) is 21.3 Å². The maximum atomic E-state index is 5.93. The molecule has 0 fully saturated rings. The molecule has 0 unspecified atom stereocenters. The van der Waals surface area contributed by atoms with Crippen molar-refractivity contribution < 1.29 is 4.74 Å². The van der Waals surface area contributed by atoms with Gasteiger partial charge in [0.2, 0.25) is 0 Å². The number of halogens is 1. The van der Waals surface area contributed by atoms with E-state index in [-0.39, 0.29) is 0 Å². The van der Waals surface area contributed by atoms with Gasteiger partial charge in [0.25, 0.3) is 0 Å². The van der Waals surface area contributed by atoms with Crippen LogP contribution in [0.15, 0.2) is 48.7 Å². The number of benzene rings is 2. The number of aromatic nitrogens is 3. The Morgan fingerprint density at radius 1 is 1.16 bits per heavy atom. The number of nitrogens with two attached hydrogens (primary N) is 1. The normalized spacial score (nSPS) is 13.4. The first-order chi connectivity index (χ1) is 12.2. The number of anilines is 1. The maximum absolute atomic E-state index is 5.93. The number of rotatable bonds is 4. The molecule has 0 spiro atoms. The molecule has 6 nitrogen and oxygen atoms in total. The van der Waals surface area contributed by atoms with Crippen molar-refractivity contribution in [1.29, 1.82) is 0 Å². The van der Waals surface area contributed by atoms with Gasteiger partial charge in [-0.1, -0.05) is 22.9 Å². The van der Waals surface area contributed by atoms with E-state index in [1.54, 1.807) is 4.68 Å². The lowest BCUT2D eigenvalue weighted by molar-refractivity contribution is 0.306. The quantitative estimate of drug-likeness (QED) is 0.779. The molecule has 4 rings (SSSR count). The largest absolute Gasteiger partial charge is 0.490 e. The minimum atomic E-state index is 0.506. The smallest absolute Gasteiger partial charge is 0.143 e. The molecule has 1 aromatic heterocycles. The topological polar surface area (TPSA) is 69.2 Å². The van der Waals surface area contributed by atoms with Gasteiger partial charge in [0.1, 0.15) is 18.1 Å². The Morgan fingerprint density at radius 3 is 2.80 bits per heavy atom. The number of fused-ring (bicyclic) bond motifs is 1. The van der Waals surface area contributed by atoms with Gasteiger partial charge in [-0.05, 0) is 42.0 Å². The van der Waals surface area contributed by atoms with E-state index in [0.29, 0.717) is 24.7 Å². The lowest BCUT2D eigenvalue weighted by atomic mass is 10.1. The van der Waals surface area contributed by atoms with Crippen molar-refractivity contribution in [2.45, 2.75) is 13.1 Å². The van der Waals surface area contributed by atoms with E-state index >= 15 is 0 Å². The summed E-state index contributed by atoms with van der Waals surface area (Å²) in [5.74, 6) is 0.874. The second-order valence-corrected chi connectivity index (χ2v) is 6.34. The molecular weight excluding hydrogens is 338 g/mol. The van der Waals surface area contributed by atoms with E-state index in [1.165, 1.54) is 0 Å². The third kappa shape index (κ3) is 3.31. The van der Waals surface area contributed by atoms with Gasteiger partial charge < -0.3 is 15.4 Å². The molecule has 0 radical (unpaired) electrons. The highest BCUT2D eigenvalue weighted by molar-refractivity contribution is 6.30. The monoisotopic (exact) mass is 355 g/mol. The first kappa shape index (κ1) is 15.9. The van der Waals surface area contributed by atoms with Gasteiger partial charge in [-0.15, -0.1) is 5.10 Å². The van der Waals surface area contributed by atoms with Gasteiger partial charge in [0, 0.05) is 11.6 Å². The molecule has 0 saturated carbocycles. The van der Waals surface area contributed by atoms with Crippen LogP contribution in [0.1, 0.15) is 11.3 Å². The van der Waals surface area contributed by atoms with Crippen LogP contribution in [0.3, 0.4) is 0 Å². The highest BCUT2D eigenvalue weighted by atomic mass is 35.5. The molecule has 2 heterocycles. The van der Waals surface area contributed by atoms with Crippen molar-refractivity contribution in [2.24, 2.45) is 5.73 Å². The standard InChI is InChI=1S/C18H18ClN5O/c19-14-2-4-16(5-3-14)24-12-15(21-22-24)11-23-7-8-25-18-9-13(10-20)1-6-17(18)23/h1-6,9,12H,7-8,10-11,20H2. The van der Waals surface area contributed by atoms with Crippen molar-refractivity contribution >= 4 is 17.3 Å². The van der Waals surface area contributed by atoms with Gasteiger partial charge >= 0.3 is 0 Å². The summed E-state index contributed by atoms with van der Waals surface area (Å²) < 4.78 is 7.52. The number of hydrogen-bond acceptors (Lipinski definition) is 5. The van der Waals surface area contributed by atoms with Crippen LogP contribution in [0, 0.1) is 0 Å². The van der Waals surface area contributed by atoms with Crippen molar-refractivity contribution in [3.63, 3.8) is 0 Å². The van der Waals surface area contributed by atoms with Crippen molar-refractivity contribution in [3.05, 3.63) is 64.9 Å². The third-order valence-electron chi connectivity index (χ3n) is 4.20. The predicted octanol–water partition coefficient (Wildman–Crippen LogP) is 2.78. The molecule has 128 valence electrons. The van der Waals surface area contributed by atoms with E-state index < -0.39 is 0 Å². The average molecular weight is 356 g/mol. The summed E-state index contributed by atoms with van der Waals surface area (Å²) >= 11 is 5.93. The maximum Gasteiger partial charge on any atom is 0.143 e. The molecule has 25 heavy (non-hydrogen) atoms. The molecule has 1 aliphatic rings. The molecule has 7 heteroatoms. The van der Waals surface area contributed by atoms with Crippen LogP contribution < -0.4 is 15.4 Å². The summed E-state index contributed by atoms with van der Waals surface area (Å²) in [7, 11) is 0. The second kappa shape index (κ2) is 6.74. The molecule has 0 atom stereocenters. The fourth-order valence-electron chi connectivity index (χ4n) is 2.90. The lowest BCUT2D eigenvalue weighted by Gasteiger charge is -2.30. The molecule has 0 aliphatic carbocycles. The molecule has 2 N–H and O–H groups in total. The third-order valence-corrected chi connectivity index (χ3v) is 4.46. The molecule has 3 aromatic rings. The zero-order chi connectivity index (χ0) is 17.2. The Balaban J connectivity index is 1.55. The molecule has 1 aliphatic heterocycles. The van der Waals surface area contributed by atoms with E-state index in [9.17, 15) is 0 Å². The summed E-state index contributed by atoms with van der Waals surface area (Å²) in [6.45, 7) is 2.63. The van der Waals surface area contributed by atoms with Crippen molar-refractivity contribution in [1.82, 2.24) is 15.0 Å². The first-order valence-electron chi connectivity index (χ1n) is 8.11. The Hall–Kier alpha value is -2.57. The summed E-state index contributed by atoms with van der Waals surface area (Å²) in [6, 6.07) is 13.6. The molecule has 2 aromatic carbocycles. The van der Waals surface area contributed by atoms with Crippen molar-refractivity contribution in [3.8, 4) is 11.4 Å². The minimum absolute atomic E-state index is 0.506. The fraction of sp³-hybridized carbons (Fsp3) is 0.222. The number of ether oxygens (including phenoxy) is 1. The van der Waals surface area contributed by atoms with Gasteiger partial charge in [0.05, 0.1) is 30.7 Å². The van der Waals surface area contributed by atoms with E-state index in [0.717, 1.165) is 34.9 Å². The van der Waals surface area contributed by atoms with Crippen LogP contribution in [0.5, 0.6) is 5.75 Å². The molecule has 0 amide bonds. The molecular formula is C18H18ClN5O. The summed E-state index contributed by atoms with van der Waals surface area (Å²) in [5, 5.41) is 9.21. The second-order valence-electron chi connectivity index (χ2n) is 5.91. The summed E-state index contributed by atoms with van der Waals surface area (Å²) in [4.78, 5) is 2.25. The average Bonchev–Trinajstić information content (AvgIpc) is 3.10. The van der Waals surface area contributed by atoms with Crippen molar-refractivity contribution in [2.75, 3.05) is 18.1 Å². The fourth-order valence-corrected chi connectivity index (χ4v) is 3.03. The Bertz CT molecular complexity index is 877. The van der Waals surface area contributed by atoms with Crippen LogP contribution in [0.4, 0.5) is 5.69 Å². The minimum Gasteiger partial charge on any atom is -0.490 e. The SMILES string of the molecule is NCc1ccc2c(c1)OCCN2Cc1cn(-c2ccc(Cl)cc2)nn1. The van der Waals surface area contributed by atoms with Gasteiger partial charge in [-0.2, -0.15) is 0 Å². The zero-order valence-electron chi connectivity index (χ0n) is 13.6. The van der Waals surface area contributed by atoms with Gasteiger partial charge in [0.15, 0.2) is 0 Å². The Morgan fingerprint density at radius 2 is 2.00 bits per heavy atom.